The maximum absolute atomic E-state index is 8.58. The summed E-state index contributed by atoms with van der Waals surface area (Å²) in [5.41, 5.74) is 0. The molecule has 0 N–H and O–H groups in total. The first kappa shape index (κ1) is 119. The van der Waals surface area contributed by atoms with Gasteiger partial charge in [-0.1, -0.05) is 0 Å². The van der Waals surface area contributed by atoms with Gasteiger partial charge in [-0.05, 0) is 0 Å². The summed E-state index contributed by atoms with van der Waals surface area (Å²) in [6.07, 6.45) is 0. The molecule has 0 saturated carbocycles. The van der Waals surface area contributed by atoms with Crippen molar-refractivity contribution >= 4 is 237 Å². The van der Waals surface area contributed by atoms with Crippen LogP contribution in [0.4, 0.5) is 0 Å². The van der Waals surface area contributed by atoms with Crippen LogP contribution >= 0.6 is 78.6 Å². The molecule has 2 rings (SSSR count). The Bertz CT molecular complexity index is 372. The molecule has 2 aliphatic heterocycles. The first-order valence-corrected chi connectivity index (χ1v) is 26.7. The van der Waals surface area contributed by atoms with Gasteiger partial charge in [0.1, 0.15) is 0 Å². The Kier molecular flexibility index (Phi) is 168. The Balaban J connectivity index is -0.0000000141. The monoisotopic (exact) mass is 1110 g/mol. The van der Waals surface area contributed by atoms with Gasteiger partial charge in [0.15, 0.2) is 0 Å². The zero-order valence-corrected chi connectivity index (χ0v) is 57.0. The predicted octanol–water partition coefficient (Wildman–Crippen LogP) is -45.9. The van der Waals surface area contributed by atoms with Crippen molar-refractivity contribution < 1.29 is 292 Å². The second-order valence-electron chi connectivity index (χ2n) is 3.54. The smallest absolute Gasteiger partial charge is 0.894 e. The molecule has 0 aromatic carbocycles. The van der Waals surface area contributed by atoms with E-state index in [1.807, 2.05) is 78.6 Å². The van der Waals surface area contributed by atoms with Gasteiger partial charge in [-0.15, -0.1) is 0 Å². The van der Waals surface area contributed by atoms with Crippen molar-refractivity contribution in [3.8, 4) is 0 Å². The number of hydrogen-bond donors (Lipinski definition) is 0. The molecule has 0 atom stereocenters. The van der Waals surface area contributed by atoms with Crippen LogP contribution in [-0.2, 0) is 0 Å². The number of rotatable bonds is 0. The van der Waals surface area contributed by atoms with Crippen molar-refractivity contribution in [3.05, 3.63) is 0 Å². The fourth-order valence-electron chi connectivity index (χ4n) is 0.0556. The molecule has 0 radical (unpaired) electrons. The molecule has 0 amide bonds. The molecule has 2 saturated heterocycles. The molecular formula is Al6Na6O24S8Si6. The summed E-state index contributed by atoms with van der Waals surface area (Å²) in [4.78, 5) is 206. The van der Waals surface area contributed by atoms with Gasteiger partial charge in [0.25, 0.3) is 0 Å². The SMILES string of the molecule is S1SSS1.S1SSS1.[Al+3].[Al+3].[Al+3].[Al+3].[Al+3].[Al+3].[Na+].[Na+].[Na+].[Na+].[Na+].[Na+].[O-][Si]([O-])([O-])[O-].[O-][Si]([O-])([O-])[O-].[O-][Si]([O-])([O-])[O-].[O-][Si]([O-])([O-])[O-].[O-][Si]([O-])([O-])[O-].[O-][Si]([O-])([O-])[O-]. The molecule has 50 heteroatoms. The first-order valence-electron chi connectivity index (χ1n) is 6.23. The summed E-state index contributed by atoms with van der Waals surface area (Å²) < 4.78 is 0. The molecule has 0 bridgehead atoms. The van der Waals surface area contributed by atoms with E-state index in [0.29, 0.717) is 0 Å². The van der Waals surface area contributed by atoms with Crippen LogP contribution in [0.2, 0.25) is 0 Å². The maximum Gasteiger partial charge on any atom is 3.00 e. The van der Waals surface area contributed by atoms with Gasteiger partial charge in [-0.2, -0.15) is 0 Å². The van der Waals surface area contributed by atoms with Crippen LogP contribution in [0.3, 0.4) is 0 Å². The van der Waals surface area contributed by atoms with Gasteiger partial charge in [-0.3, -0.25) is 0 Å². The van der Waals surface area contributed by atoms with Crippen molar-refractivity contribution in [3.63, 3.8) is 0 Å². The van der Waals surface area contributed by atoms with Crippen LogP contribution in [-0.4, -0.2) is 158 Å². The molecule has 0 aromatic rings. The molecule has 0 aliphatic carbocycles. The van der Waals surface area contributed by atoms with Crippen LogP contribution < -0.4 is 292 Å². The summed E-state index contributed by atoms with van der Waals surface area (Å²) >= 11 is 0. The summed E-state index contributed by atoms with van der Waals surface area (Å²) in [5.74, 6) is 0. The first-order chi connectivity index (χ1) is 16.0. The summed E-state index contributed by atoms with van der Waals surface area (Å²) in [7, 11) is -19.0. The van der Waals surface area contributed by atoms with E-state index in [-0.39, 0.29) is 282 Å². The Labute approximate surface area is 518 Å². The van der Waals surface area contributed by atoms with Gasteiger partial charge in [0, 0.05) is 78.6 Å². The Morgan fingerprint density at radius 2 is 0.180 bits per heavy atom. The van der Waals surface area contributed by atoms with Gasteiger partial charge < -0.3 is 169 Å². The van der Waals surface area contributed by atoms with E-state index in [2.05, 4.69) is 0 Å². The maximum atomic E-state index is 8.58. The van der Waals surface area contributed by atoms with E-state index in [4.69, 9.17) is 115 Å². The third kappa shape index (κ3) is 514. The molecule has 0 unspecified atom stereocenters. The summed E-state index contributed by atoms with van der Waals surface area (Å²) in [6, 6.07) is 0. The third-order valence-corrected chi connectivity index (χ3v) is 18.0. The summed E-state index contributed by atoms with van der Waals surface area (Å²) in [6.45, 7) is 0. The minimum absolute atomic E-state index is 0. The molecule has 2 fully saturated rings. The standard InChI is InChI=1S/6Al.6Na.6O4Si.2S4/c;;;;;;;;;;;;6*1-5(2,3)4;2*1-2-4-3-1/q6*+3;6*+1;6*-4;;. The van der Waals surface area contributed by atoms with Crippen molar-refractivity contribution in [1.82, 2.24) is 0 Å². The van der Waals surface area contributed by atoms with E-state index in [1.54, 1.807) is 0 Å². The molecule has 240 valence electrons. The van der Waals surface area contributed by atoms with Gasteiger partial charge in [-0.25, -0.2) is 0 Å². The summed E-state index contributed by atoms with van der Waals surface area (Å²) in [5, 5.41) is 0. The Morgan fingerprint density at radius 3 is 0.180 bits per heavy atom. The molecule has 24 nitrogen and oxygen atoms in total. The molecule has 50 heavy (non-hydrogen) atoms. The predicted molar refractivity (Wildman–Crippen MR) is 130 cm³/mol. The Morgan fingerprint density at radius 1 is 0.160 bits per heavy atom. The van der Waals surface area contributed by atoms with E-state index in [9.17, 15) is 0 Å². The minimum Gasteiger partial charge on any atom is -0.894 e. The second-order valence-corrected chi connectivity index (χ2v) is 23.7. The quantitative estimate of drug-likeness (QED) is 0.161. The average Bonchev–Trinajstić information content (AvgIpc) is 2.16. The van der Waals surface area contributed by atoms with Crippen LogP contribution in [0.1, 0.15) is 0 Å². The van der Waals surface area contributed by atoms with Gasteiger partial charge in [0.05, 0.1) is 0 Å². The van der Waals surface area contributed by atoms with Gasteiger partial charge in [0.2, 0.25) is 0 Å². The third-order valence-electron chi connectivity index (χ3n) is 0.222. The van der Waals surface area contributed by atoms with Crippen LogP contribution in [0.15, 0.2) is 0 Å². The van der Waals surface area contributed by atoms with Gasteiger partial charge >= 0.3 is 282 Å². The molecule has 2 heterocycles. The van der Waals surface area contributed by atoms with E-state index >= 15 is 0 Å². The van der Waals surface area contributed by atoms with Crippen LogP contribution in [0.5, 0.6) is 0 Å². The number of hydrogen-bond acceptors (Lipinski definition) is 32. The van der Waals surface area contributed by atoms with Crippen LogP contribution in [0, 0.1) is 0 Å². The van der Waals surface area contributed by atoms with Crippen molar-refractivity contribution in [1.29, 1.82) is 0 Å². The largest absolute Gasteiger partial charge is 3.00 e. The average molecular weight is 1110 g/mol. The Hall–Kier alpha value is 12.3. The van der Waals surface area contributed by atoms with Crippen molar-refractivity contribution in [2.24, 2.45) is 0 Å². The van der Waals surface area contributed by atoms with Crippen molar-refractivity contribution in [2.45, 2.75) is 0 Å². The zero-order valence-electron chi connectivity index (χ0n) is 25.5. The molecular weight excluding hydrogens is 1110 g/mol. The second kappa shape index (κ2) is 70.4. The molecule has 2 aliphatic rings. The fraction of sp³-hybridized carbons (Fsp3) is 0. The fourth-order valence-corrected chi connectivity index (χ4v) is 4.50. The molecule has 0 spiro atoms. The van der Waals surface area contributed by atoms with E-state index < -0.39 is 54.3 Å². The topological polar surface area (TPSA) is 553 Å². The minimum atomic E-state index is -5.61. The normalized spacial score (nSPS) is 11.0. The van der Waals surface area contributed by atoms with Crippen molar-refractivity contribution in [2.75, 3.05) is 0 Å². The van der Waals surface area contributed by atoms with Crippen LogP contribution in [0.25, 0.3) is 0 Å². The zero-order chi connectivity index (χ0) is 32.7. The molecule has 0 aromatic heterocycles. The van der Waals surface area contributed by atoms with E-state index in [0.717, 1.165) is 0 Å². The van der Waals surface area contributed by atoms with E-state index in [1.165, 1.54) is 0 Å².